The number of fused-ring (bicyclic) bond motifs is 4. The van der Waals surface area contributed by atoms with E-state index in [0.29, 0.717) is 17.0 Å². The zero-order chi connectivity index (χ0) is 47.3. The summed E-state index contributed by atoms with van der Waals surface area (Å²) in [6.07, 6.45) is -8.34. The molecule has 0 bridgehead atoms. The van der Waals surface area contributed by atoms with Gasteiger partial charge in [-0.15, -0.1) is 0 Å². The molecule has 0 saturated heterocycles. The first kappa shape index (κ1) is 46.3. The number of aromatic nitrogens is 5. The third-order valence-electron chi connectivity index (χ3n) is 10.2. The number of hydrogen-bond acceptors (Lipinski definition) is 8. The molecule has 2 aliphatic rings. The average molecular weight is 966 g/mol. The van der Waals surface area contributed by atoms with Crippen molar-refractivity contribution in [1.29, 1.82) is 0 Å². The number of rotatable bonds is 11. The van der Waals surface area contributed by atoms with Crippen LogP contribution in [0.3, 0.4) is 0 Å². The molecule has 2 aromatic carbocycles. The summed E-state index contributed by atoms with van der Waals surface area (Å²) in [6.45, 7) is -0.585. The number of alkyl halides is 8. The van der Waals surface area contributed by atoms with E-state index in [-0.39, 0.29) is 43.2 Å². The van der Waals surface area contributed by atoms with Crippen LogP contribution in [0.2, 0.25) is 5.02 Å². The number of hydrogen-bond donors (Lipinski definition) is 2. The lowest BCUT2D eigenvalue weighted by Gasteiger charge is -2.23. The van der Waals surface area contributed by atoms with Gasteiger partial charge in [-0.25, -0.2) is 30.6 Å². The smallest absolute Gasteiger partial charge is 0.346 e. The fourth-order valence-corrected chi connectivity index (χ4v) is 8.14. The quantitative estimate of drug-likeness (QED) is 0.0780. The number of carbonyl (C=O) groups is 1. The van der Waals surface area contributed by atoms with Crippen LogP contribution in [0.15, 0.2) is 54.1 Å². The highest BCUT2D eigenvalue weighted by Gasteiger charge is 2.62. The van der Waals surface area contributed by atoms with E-state index in [0.717, 1.165) is 30.5 Å². The van der Waals surface area contributed by atoms with Crippen molar-refractivity contribution in [2.75, 3.05) is 17.2 Å². The lowest BCUT2D eigenvalue weighted by atomic mass is 9.93. The zero-order valence-corrected chi connectivity index (χ0v) is 35.5. The van der Waals surface area contributed by atoms with Crippen molar-refractivity contribution in [2.24, 2.45) is 0 Å². The molecule has 5 aromatic rings. The SMILES string of the molecule is CC(C)(C#Cc1ccc(-c2ccc(Cl)c3c(NS(C)(=O)=O)nn(CC(F)(F)F)c23)c(C(Cc2cc(F)cc(F)c2)NC(=O)Cn2nc(C(F)(F)F)c3c2C(F)(F)C2=C[C@@H]23)n1)S(C)(=O)=O. The number of sulfone groups is 1. The minimum atomic E-state index is -5.22. The Bertz CT molecular complexity index is 3100. The number of halogens is 11. The van der Waals surface area contributed by atoms with Crippen molar-refractivity contribution >= 4 is 54.1 Å². The molecule has 2 N–H and O–H groups in total. The lowest BCUT2D eigenvalue weighted by molar-refractivity contribution is -0.142. The van der Waals surface area contributed by atoms with Gasteiger partial charge in [-0.1, -0.05) is 29.7 Å². The summed E-state index contributed by atoms with van der Waals surface area (Å²) >= 11 is 6.45. The van der Waals surface area contributed by atoms with Crippen LogP contribution in [0.4, 0.5) is 49.7 Å². The second-order valence-electron chi connectivity index (χ2n) is 15.5. The van der Waals surface area contributed by atoms with Crippen LogP contribution in [0, 0.1) is 23.5 Å². The van der Waals surface area contributed by atoms with Gasteiger partial charge in [0.2, 0.25) is 15.9 Å². The Morgan fingerprint density at radius 1 is 0.938 bits per heavy atom. The lowest BCUT2D eigenvalue weighted by Crippen LogP contribution is -2.35. The second kappa shape index (κ2) is 15.5. The van der Waals surface area contributed by atoms with Crippen molar-refractivity contribution in [2.45, 2.75) is 68.3 Å². The summed E-state index contributed by atoms with van der Waals surface area (Å²) in [5, 5.41) is 8.95. The molecule has 3 aromatic heterocycles. The molecule has 1 amide bonds. The standard InChI is InChI=1S/C39H30ClF10N7O5S2/c1-36(2,63(3,59)60)10-9-21-5-6-22(23-7-8-26(40)30-32(23)57(17-37(43,44)45)54-35(30)55-64(4,61)62)31(51-21)27(13-18-11-19(41)14-20(42)12-18)52-28(58)16-56-34-29(33(53-56)39(48,49)50)24-15-25(24)38(34,46)47/h5-8,11-12,14-15,24,27H,13,16-17H2,1-4H3,(H,52,58)(H,54,55)/t24-,27?/m0/s1. The number of allylic oxidation sites excluding steroid dienone is 2. The predicted octanol–water partition coefficient (Wildman–Crippen LogP) is 7.58. The summed E-state index contributed by atoms with van der Waals surface area (Å²) in [4.78, 5) is 18.5. The summed E-state index contributed by atoms with van der Waals surface area (Å²) in [5.74, 6) is -4.36. The van der Waals surface area contributed by atoms with Gasteiger partial charge in [-0.3, -0.25) is 18.9 Å². The summed E-state index contributed by atoms with van der Waals surface area (Å²) < 4.78 is 195. The number of amides is 1. The van der Waals surface area contributed by atoms with Crippen LogP contribution < -0.4 is 10.0 Å². The minimum Gasteiger partial charge on any atom is -0.346 e. The normalized spacial score (nSPS) is 16.4. The first-order chi connectivity index (χ1) is 29.3. The van der Waals surface area contributed by atoms with E-state index in [1.807, 2.05) is 4.72 Å². The molecule has 3 heterocycles. The van der Waals surface area contributed by atoms with E-state index in [4.69, 9.17) is 11.6 Å². The maximum absolute atomic E-state index is 15.4. The molecule has 0 aliphatic heterocycles. The fourth-order valence-electron chi connectivity index (χ4n) is 7.16. The molecule has 0 fully saturated rings. The van der Waals surface area contributed by atoms with Gasteiger partial charge in [0.1, 0.15) is 40.9 Å². The Hall–Kier alpha value is -5.67. The molecule has 0 saturated carbocycles. The molecule has 64 heavy (non-hydrogen) atoms. The fraction of sp³-hybridized carbons (Fsp3) is 0.333. The van der Waals surface area contributed by atoms with Crippen LogP contribution in [0.25, 0.3) is 22.0 Å². The monoisotopic (exact) mass is 965 g/mol. The number of carbonyl (C=O) groups excluding carboxylic acids is 1. The number of benzene rings is 2. The maximum Gasteiger partial charge on any atom is 0.435 e. The summed E-state index contributed by atoms with van der Waals surface area (Å²) in [5.41, 5.74) is -6.04. The van der Waals surface area contributed by atoms with E-state index < -0.39 is 126 Å². The topological polar surface area (TPSA) is 158 Å². The first-order valence-electron chi connectivity index (χ1n) is 18.3. The number of nitrogens with one attached hydrogen (secondary N) is 2. The molecule has 340 valence electrons. The van der Waals surface area contributed by atoms with Gasteiger partial charge in [0.15, 0.2) is 21.3 Å². The Kier molecular flexibility index (Phi) is 11.2. The molecular formula is C39H30ClF10N7O5S2. The summed E-state index contributed by atoms with van der Waals surface area (Å²) in [7, 11) is -8.07. The first-order valence-corrected chi connectivity index (χ1v) is 22.5. The van der Waals surface area contributed by atoms with Crippen LogP contribution in [-0.2, 0) is 56.3 Å². The second-order valence-corrected chi connectivity index (χ2v) is 20.2. The molecule has 1 unspecified atom stereocenters. The number of anilines is 1. The van der Waals surface area contributed by atoms with Gasteiger partial charge in [0, 0.05) is 40.5 Å². The molecular weight excluding hydrogens is 936 g/mol. The highest BCUT2D eigenvalue weighted by Crippen LogP contribution is 2.63. The van der Waals surface area contributed by atoms with Crippen molar-refractivity contribution in [3.8, 4) is 23.0 Å². The van der Waals surface area contributed by atoms with E-state index in [2.05, 4.69) is 32.3 Å². The molecule has 7 rings (SSSR count). The van der Waals surface area contributed by atoms with E-state index >= 15 is 8.78 Å². The van der Waals surface area contributed by atoms with Crippen LogP contribution in [0.1, 0.15) is 59.7 Å². The minimum absolute atomic E-state index is 0.178. The van der Waals surface area contributed by atoms with E-state index in [1.165, 1.54) is 32.0 Å². The van der Waals surface area contributed by atoms with Gasteiger partial charge < -0.3 is 5.32 Å². The van der Waals surface area contributed by atoms with Crippen LogP contribution in [0.5, 0.6) is 0 Å². The highest BCUT2D eigenvalue weighted by molar-refractivity contribution is 7.92. The van der Waals surface area contributed by atoms with Gasteiger partial charge in [0.25, 0.3) is 0 Å². The number of pyridine rings is 1. The molecule has 2 atom stereocenters. The Labute approximate surface area is 361 Å². The largest absolute Gasteiger partial charge is 0.435 e. The Balaban J connectivity index is 1.45. The third-order valence-corrected chi connectivity index (χ3v) is 13.0. The van der Waals surface area contributed by atoms with Gasteiger partial charge in [0.05, 0.1) is 33.9 Å². The Morgan fingerprint density at radius 3 is 2.17 bits per heavy atom. The van der Waals surface area contributed by atoms with E-state index in [1.54, 1.807) is 0 Å². The number of nitrogens with zero attached hydrogens (tertiary/aromatic N) is 5. The molecule has 12 nitrogen and oxygen atoms in total. The molecule has 0 radical (unpaired) electrons. The zero-order valence-electron chi connectivity index (χ0n) is 33.1. The molecule has 0 spiro atoms. The van der Waals surface area contributed by atoms with E-state index in [9.17, 15) is 56.8 Å². The van der Waals surface area contributed by atoms with Gasteiger partial charge in [-0.2, -0.15) is 45.3 Å². The van der Waals surface area contributed by atoms with Gasteiger partial charge in [-0.05, 0) is 62.1 Å². The third kappa shape index (κ3) is 9.14. The summed E-state index contributed by atoms with van der Waals surface area (Å²) in [6, 6.07) is 5.19. The predicted molar refractivity (Wildman–Crippen MR) is 211 cm³/mol. The average Bonchev–Trinajstić information content (AvgIpc) is 3.66. The highest BCUT2D eigenvalue weighted by atomic mass is 35.5. The number of sulfonamides is 1. The maximum atomic E-state index is 15.4. The van der Waals surface area contributed by atoms with Crippen molar-refractivity contribution in [3.05, 3.63) is 105 Å². The molecule has 2 aliphatic carbocycles. The van der Waals surface area contributed by atoms with Crippen molar-refractivity contribution in [3.63, 3.8) is 0 Å². The van der Waals surface area contributed by atoms with Gasteiger partial charge >= 0.3 is 18.3 Å². The van der Waals surface area contributed by atoms with Crippen molar-refractivity contribution < 1.29 is 65.5 Å². The molecule has 25 heteroatoms. The Morgan fingerprint density at radius 2 is 1.58 bits per heavy atom. The van der Waals surface area contributed by atoms with Crippen molar-refractivity contribution in [1.82, 2.24) is 29.9 Å². The van der Waals surface area contributed by atoms with Crippen LogP contribution >= 0.6 is 11.6 Å². The van der Waals surface area contributed by atoms with Crippen LogP contribution in [-0.4, -0.2) is 70.7 Å².